The van der Waals surface area contributed by atoms with E-state index in [0.717, 1.165) is 12.0 Å². The first-order valence-electron chi connectivity index (χ1n) is 6.02. The average Bonchev–Trinajstić information content (AvgIpc) is 2.39. The zero-order valence-electron chi connectivity index (χ0n) is 10.2. The molecule has 3 heteroatoms. The molecule has 2 unspecified atom stereocenters. The molecule has 0 saturated heterocycles. The van der Waals surface area contributed by atoms with Gasteiger partial charge in [0.05, 0.1) is 0 Å². The fraction of sp³-hybridized carbons (Fsp3) is 0.429. The topological polar surface area (TPSA) is 38.7 Å². The molecule has 90 valence electrons. The molecule has 0 spiro atoms. The maximum Gasteiger partial charge on any atom is 0.352 e. The quantitative estimate of drug-likeness (QED) is 0.750. The lowest BCUT2D eigenvalue weighted by Gasteiger charge is -2.23. The monoisotopic (exact) mass is 231 g/mol. The van der Waals surface area contributed by atoms with Crippen LogP contribution in [0.2, 0.25) is 0 Å². The molecule has 2 rings (SSSR count). The van der Waals surface area contributed by atoms with E-state index in [-0.39, 0.29) is 17.9 Å². The Morgan fingerprint density at radius 2 is 2.12 bits per heavy atom. The molecule has 0 saturated carbocycles. The molecule has 0 amide bonds. The molecule has 17 heavy (non-hydrogen) atoms. The molecule has 0 aromatic heterocycles. The third-order valence-electron chi connectivity index (χ3n) is 3.14. The van der Waals surface area contributed by atoms with E-state index in [1.165, 1.54) is 0 Å². The van der Waals surface area contributed by atoms with Crippen LogP contribution in [0.4, 0.5) is 0 Å². The number of aliphatic imine (C=N–C) groups is 1. The minimum absolute atomic E-state index is 0.0436. The number of nitrogens with zero attached hydrogens (tertiary/aromatic N) is 1. The second kappa shape index (κ2) is 5.13. The van der Waals surface area contributed by atoms with Crippen molar-refractivity contribution in [2.45, 2.75) is 26.3 Å². The molecule has 0 fully saturated rings. The van der Waals surface area contributed by atoms with Crippen LogP contribution in [0.3, 0.4) is 0 Å². The van der Waals surface area contributed by atoms with E-state index >= 15 is 0 Å². The first-order chi connectivity index (χ1) is 8.22. The van der Waals surface area contributed by atoms with Crippen LogP contribution in [0.25, 0.3) is 0 Å². The number of rotatable bonds is 3. The Morgan fingerprint density at radius 3 is 2.76 bits per heavy atom. The van der Waals surface area contributed by atoms with Crippen LogP contribution < -0.4 is 0 Å². The number of ether oxygens (including phenoxy) is 1. The highest BCUT2D eigenvalue weighted by Gasteiger charge is 2.27. The number of esters is 1. The van der Waals surface area contributed by atoms with Crippen LogP contribution >= 0.6 is 0 Å². The summed E-state index contributed by atoms with van der Waals surface area (Å²) in [4.78, 5) is 16.2. The zero-order chi connectivity index (χ0) is 12.3. The largest absolute Gasteiger partial charge is 0.459 e. The third-order valence-corrected chi connectivity index (χ3v) is 3.14. The molecule has 2 atom stereocenters. The van der Waals surface area contributed by atoms with Gasteiger partial charge in [0.2, 0.25) is 0 Å². The van der Waals surface area contributed by atoms with Gasteiger partial charge >= 0.3 is 5.97 Å². The van der Waals surface area contributed by atoms with Gasteiger partial charge in [0.1, 0.15) is 18.4 Å². The second-order valence-electron chi connectivity index (χ2n) is 4.35. The van der Waals surface area contributed by atoms with Crippen LogP contribution in [-0.4, -0.2) is 18.3 Å². The molecule has 1 aliphatic heterocycles. The van der Waals surface area contributed by atoms with Gasteiger partial charge in [0.15, 0.2) is 0 Å². The Bertz CT molecular complexity index is 425. The summed E-state index contributed by atoms with van der Waals surface area (Å²) >= 11 is 0. The molecule has 0 N–H and O–H groups in total. The van der Waals surface area contributed by atoms with E-state index in [1.54, 1.807) is 0 Å². The van der Waals surface area contributed by atoms with Crippen LogP contribution in [0.15, 0.2) is 35.3 Å². The van der Waals surface area contributed by atoms with Crippen molar-refractivity contribution in [3.63, 3.8) is 0 Å². The molecule has 1 aliphatic rings. The van der Waals surface area contributed by atoms with E-state index in [4.69, 9.17) is 4.74 Å². The first-order valence-corrected chi connectivity index (χ1v) is 6.02. The van der Waals surface area contributed by atoms with Gasteiger partial charge in [-0.15, -0.1) is 0 Å². The highest BCUT2D eigenvalue weighted by atomic mass is 16.5. The molecular weight excluding hydrogens is 214 g/mol. The zero-order valence-corrected chi connectivity index (χ0v) is 10.2. The molecule has 1 heterocycles. The van der Waals surface area contributed by atoms with E-state index in [0.29, 0.717) is 12.3 Å². The molecule has 1 aromatic rings. The van der Waals surface area contributed by atoms with Crippen LogP contribution in [0.1, 0.15) is 31.9 Å². The number of carbonyl (C=O) groups is 1. The van der Waals surface area contributed by atoms with E-state index in [9.17, 15) is 4.79 Å². The number of benzene rings is 1. The van der Waals surface area contributed by atoms with Crippen molar-refractivity contribution in [3.05, 3.63) is 35.9 Å². The number of carbonyl (C=O) groups excluding carboxylic acids is 1. The Labute approximate surface area is 102 Å². The van der Waals surface area contributed by atoms with E-state index < -0.39 is 0 Å². The van der Waals surface area contributed by atoms with Gasteiger partial charge in [0, 0.05) is 5.92 Å². The summed E-state index contributed by atoms with van der Waals surface area (Å²) in [6.07, 6.45) is 0.898. The number of cyclic esters (lactones) is 1. The Morgan fingerprint density at radius 1 is 1.41 bits per heavy atom. The fourth-order valence-corrected chi connectivity index (χ4v) is 1.85. The van der Waals surface area contributed by atoms with E-state index in [2.05, 4.69) is 4.99 Å². The lowest BCUT2D eigenvalue weighted by Crippen LogP contribution is -2.31. The van der Waals surface area contributed by atoms with E-state index in [1.807, 2.05) is 44.2 Å². The first kappa shape index (κ1) is 11.8. The standard InChI is InChI=1S/C14H17NO2/c1-3-10(2)13-14(16)17-9-12(15-13)11-7-5-4-6-8-11/h4-8,10,12H,3,9H2,1-2H3. The second-order valence-corrected chi connectivity index (χ2v) is 4.35. The molecular formula is C14H17NO2. The SMILES string of the molecule is CCC(C)C1=NC(c2ccccc2)COC1=O. The van der Waals surface area contributed by atoms with Gasteiger partial charge < -0.3 is 4.74 Å². The summed E-state index contributed by atoms with van der Waals surface area (Å²) < 4.78 is 5.21. The van der Waals surface area contributed by atoms with Gasteiger partial charge in [0.25, 0.3) is 0 Å². The van der Waals surface area contributed by atoms with Gasteiger partial charge in [-0.3, -0.25) is 4.99 Å². The van der Waals surface area contributed by atoms with Crippen molar-refractivity contribution in [2.75, 3.05) is 6.61 Å². The smallest absolute Gasteiger partial charge is 0.352 e. The predicted molar refractivity (Wildman–Crippen MR) is 67.0 cm³/mol. The molecule has 1 aromatic carbocycles. The van der Waals surface area contributed by atoms with Crippen molar-refractivity contribution in [2.24, 2.45) is 10.9 Å². The van der Waals surface area contributed by atoms with Gasteiger partial charge in [-0.25, -0.2) is 4.79 Å². The lowest BCUT2D eigenvalue weighted by atomic mass is 10.00. The summed E-state index contributed by atoms with van der Waals surface area (Å²) in [7, 11) is 0. The van der Waals surface area contributed by atoms with Crippen molar-refractivity contribution in [3.8, 4) is 0 Å². The molecule has 0 aliphatic carbocycles. The summed E-state index contributed by atoms with van der Waals surface area (Å²) in [5, 5.41) is 0. The van der Waals surface area contributed by atoms with Crippen molar-refractivity contribution in [1.82, 2.24) is 0 Å². The van der Waals surface area contributed by atoms with Gasteiger partial charge in [-0.2, -0.15) is 0 Å². The third kappa shape index (κ3) is 2.54. The summed E-state index contributed by atoms with van der Waals surface area (Å²) in [6, 6.07) is 9.91. The highest BCUT2D eigenvalue weighted by Crippen LogP contribution is 2.23. The Hall–Kier alpha value is -1.64. The Balaban J connectivity index is 2.27. The van der Waals surface area contributed by atoms with Crippen molar-refractivity contribution in [1.29, 1.82) is 0 Å². The summed E-state index contributed by atoms with van der Waals surface area (Å²) in [6.45, 7) is 4.41. The average molecular weight is 231 g/mol. The maximum atomic E-state index is 11.6. The Kier molecular flexibility index (Phi) is 3.57. The van der Waals surface area contributed by atoms with Crippen molar-refractivity contribution >= 4 is 11.7 Å². The van der Waals surface area contributed by atoms with Crippen LogP contribution in [0.5, 0.6) is 0 Å². The van der Waals surface area contributed by atoms with Gasteiger partial charge in [-0.1, -0.05) is 44.2 Å². The van der Waals surface area contributed by atoms with Crippen molar-refractivity contribution < 1.29 is 9.53 Å². The predicted octanol–water partition coefficient (Wildman–Crippen LogP) is 2.77. The highest BCUT2D eigenvalue weighted by molar-refractivity contribution is 6.37. The molecule has 0 radical (unpaired) electrons. The fourth-order valence-electron chi connectivity index (χ4n) is 1.85. The van der Waals surface area contributed by atoms with Crippen LogP contribution in [0, 0.1) is 5.92 Å². The maximum absolute atomic E-state index is 11.6. The molecule has 3 nitrogen and oxygen atoms in total. The molecule has 0 bridgehead atoms. The normalized spacial score (nSPS) is 21.6. The summed E-state index contributed by atoms with van der Waals surface area (Å²) in [5.41, 5.74) is 1.67. The number of hydrogen-bond donors (Lipinski definition) is 0. The minimum atomic E-state index is -0.258. The summed E-state index contributed by atoms with van der Waals surface area (Å²) in [5.74, 6) is -0.0967. The minimum Gasteiger partial charge on any atom is -0.459 e. The van der Waals surface area contributed by atoms with Gasteiger partial charge in [-0.05, 0) is 12.0 Å². The lowest BCUT2D eigenvalue weighted by molar-refractivity contribution is -0.137. The van der Waals surface area contributed by atoms with Crippen LogP contribution in [-0.2, 0) is 9.53 Å². The number of hydrogen-bond acceptors (Lipinski definition) is 3.